The fraction of sp³-hybridized carbons (Fsp3) is 0.500. The molecule has 156 valence electrons. The third-order valence-electron chi connectivity index (χ3n) is 3.66. The molecular formula is C10H15N5O11P2. The Balaban J connectivity index is 1.76. The molecule has 0 spiro atoms. The second kappa shape index (κ2) is 7.70. The Morgan fingerprint density at radius 2 is 1.89 bits per heavy atom. The van der Waals surface area contributed by atoms with Gasteiger partial charge in [-0.2, -0.15) is 15.2 Å². The van der Waals surface area contributed by atoms with Crippen molar-refractivity contribution in [2.45, 2.75) is 24.5 Å². The summed E-state index contributed by atoms with van der Waals surface area (Å²) in [7, 11) is -10.5. The van der Waals surface area contributed by atoms with Crippen molar-refractivity contribution in [2.24, 2.45) is 5.90 Å². The normalized spacial score (nSPS) is 27.8. The first-order valence-electron chi connectivity index (χ1n) is 7.32. The number of ether oxygens (including phenoxy) is 1. The molecule has 2 aromatic heterocycles. The first-order chi connectivity index (χ1) is 13.0. The Hall–Kier alpha value is -1.55. The molecule has 1 fully saturated rings. The van der Waals surface area contributed by atoms with Crippen molar-refractivity contribution in [3.63, 3.8) is 0 Å². The SMILES string of the molecule is NOc1ncnc2c1ncn2[C@@H]1O[C@H](COP(=O)(O)OP(=O)(O)O)[C@@H](O)[C@H]1O. The number of phosphoric ester groups is 1. The van der Waals surface area contributed by atoms with Gasteiger partial charge in [0.15, 0.2) is 17.4 Å². The lowest BCUT2D eigenvalue weighted by Gasteiger charge is -2.17. The fourth-order valence-corrected chi connectivity index (χ4v) is 4.12. The third-order valence-corrected chi connectivity index (χ3v) is 5.81. The molecule has 3 rings (SSSR count). The van der Waals surface area contributed by atoms with E-state index in [0.717, 1.165) is 6.33 Å². The maximum absolute atomic E-state index is 11.5. The number of aromatic nitrogens is 4. The predicted octanol–water partition coefficient (Wildman–Crippen LogP) is -2.08. The highest BCUT2D eigenvalue weighted by Gasteiger charge is 2.46. The maximum Gasteiger partial charge on any atom is 0.481 e. The van der Waals surface area contributed by atoms with Crippen molar-refractivity contribution in [2.75, 3.05) is 6.61 Å². The molecule has 1 unspecified atom stereocenters. The van der Waals surface area contributed by atoms with E-state index in [1.165, 1.54) is 10.9 Å². The zero-order valence-corrected chi connectivity index (χ0v) is 15.4. The third kappa shape index (κ3) is 4.37. The van der Waals surface area contributed by atoms with E-state index in [1.807, 2.05) is 0 Å². The van der Waals surface area contributed by atoms with E-state index in [-0.39, 0.29) is 17.0 Å². The smallest absolute Gasteiger partial charge is 0.389 e. The lowest BCUT2D eigenvalue weighted by molar-refractivity contribution is -0.0503. The average Bonchev–Trinajstić information content (AvgIpc) is 3.13. The van der Waals surface area contributed by atoms with Crippen molar-refractivity contribution >= 4 is 26.8 Å². The lowest BCUT2D eigenvalue weighted by Crippen LogP contribution is -2.33. The van der Waals surface area contributed by atoms with Crippen LogP contribution < -0.4 is 10.7 Å². The van der Waals surface area contributed by atoms with E-state index in [4.69, 9.17) is 20.4 Å². The second-order valence-corrected chi connectivity index (χ2v) is 8.33. The van der Waals surface area contributed by atoms with Crippen LogP contribution >= 0.6 is 15.6 Å². The van der Waals surface area contributed by atoms with Gasteiger partial charge in [-0.15, -0.1) is 0 Å². The molecule has 1 saturated heterocycles. The van der Waals surface area contributed by atoms with Gasteiger partial charge in [0.25, 0.3) is 5.88 Å². The van der Waals surface area contributed by atoms with Gasteiger partial charge in [0.05, 0.1) is 12.9 Å². The van der Waals surface area contributed by atoms with Crippen LogP contribution in [-0.2, 0) is 22.7 Å². The highest BCUT2D eigenvalue weighted by atomic mass is 31.3. The molecule has 5 atom stereocenters. The van der Waals surface area contributed by atoms with Gasteiger partial charge >= 0.3 is 15.6 Å². The van der Waals surface area contributed by atoms with Crippen LogP contribution in [0.1, 0.15) is 6.23 Å². The number of aliphatic hydroxyl groups is 2. The number of phosphoric acid groups is 2. The van der Waals surface area contributed by atoms with Crippen LogP contribution in [-0.4, -0.2) is 69.3 Å². The molecule has 2 aromatic rings. The zero-order chi connectivity index (χ0) is 20.7. The summed E-state index contributed by atoms with van der Waals surface area (Å²) in [6.07, 6.45) is -3.41. The summed E-state index contributed by atoms with van der Waals surface area (Å²) in [5.41, 5.74) is 0.288. The summed E-state index contributed by atoms with van der Waals surface area (Å²) in [4.78, 5) is 42.7. The van der Waals surface area contributed by atoms with Crippen molar-refractivity contribution in [1.29, 1.82) is 0 Å². The molecule has 1 aliphatic rings. The van der Waals surface area contributed by atoms with Crippen LogP contribution in [0.2, 0.25) is 0 Å². The van der Waals surface area contributed by atoms with Crippen LogP contribution in [0.3, 0.4) is 0 Å². The first-order valence-corrected chi connectivity index (χ1v) is 10.3. The molecular weight excluding hydrogens is 428 g/mol. The van der Waals surface area contributed by atoms with Crippen molar-refractivity contribution in [3.05, 3.63) is 12.7 Å². The molecule has 0 aromatic carbocycles. The Morgan fingerprint density at radius 3 is 2.54 bits per heavy atom. The van der Waals surface area contributed by atoms with Gasteiger partial charge in [0.1, 0.15) is 24.6 Å². The predicted molar refractivity (Wildman–Crippen MR) is 85.0 cm³/mol. The van der Waals surface area contributed by atoms with Gasteiger partial charge in [-0.1, -0.05) is 0 Å². The number of imidazole rings is 1. The Kier molecular flexibility index (Phi) is 5.82. The lowest BCUT2D eigenvalue weighted by atomic mass is 10.1. The zero-order valence-electron chi connectivity index (χ0n) is 13.6. The molecule has 0 aliphatic carbocycles. The summed E-state index contributed by atoms with van der Waals surface area (Å²) in [6, 6.07) is 0. The molecule has 0 amide bonds. The standard InChI is InChI=1S/C10H15N5O11P2/c11-25-9-5-8(12-2-13-9)15(3-14-5)10-7(17)6(16)4(24-10)1-23-28(21,22)26-27(18,19)20/h2-4,6-7,10,16-17H,1,11H2,(H,21,22)(H2,18,19,20)/t4-,6-,7-,10-/m1/s1. The van der Waals surface area contributed by atoms with Gasteiger partial charge in [0.2, 0.25) is 0 Å². The quantitative estimate of drug-likeness (QED) is 0.199. The molecule has 0 saturated carbocycles. The topological polar surface area (TPSA) is 242 Å². The number of nitrogens with zero attached hydrogens (tertiary/aromatic N) is 4. The van der Waals surface area contributed by atoms with E-state index < -0.39 is 46.8 Å². The minimum atomic E-state index is -5.30. The summed E-state index contributed by atoms with van der Waals surface area (Å²) < 4.78 is 36.8. The van der Waals surface area contributed by atoms with Crippen LogP contribution in [0.15, 0.2) is 12.7 Å². The number of hydrogen-bond acceptors (Lipinski definition) is 12. The van der Waals surface area contributed by atoms with E-state index in [1.54, 1.807) is 0 Å². The summed E-state index contributed by atoms with van der Waals surface area (Å²) >= 11 is 0. The van der Waals surface area contributed by atoms with Crippen LogP contribution in [0.4, 0.5) is 0 Å². The van der Waals surface area contributed by atoms with Gasteiger partial charge in [0, 0.05) is 0 Å². The monoisotopic (exact) mass is 443 g/mol. The second-order valence-electron chi connectivity index (χ2n) is 5.50. The Morgan fingerprint density at radius 1 is 1.18 bits per heavy atom. The molecule has 3 heterocycles. The number of fused-ring (bicyclic) bond motifs is 1. The molecule has 7 N–H and O–H groups in total. The summed E-state index contributed by atoms with van der Waals surface area (Å²) in [5, 5.41) is 20.3. The van der Waals surface area contributed by atoms with Gasteiger partial charge in [-0.3, -0.25) is 9.09 Å². The van der Waals surface area contributed by atoms with Gasteiger partial charge in [-0.25, -0.2) is 19.1 Å². The van der Waals surface area contributed by atoms with E-state index >= 15 is 0 Å². The number of aliphatic hydroxyl groups excluding tert-OH is 2. The largest absolute Gasteiger partial charge is 0.481 e. The fourth-order valence-electron chi connectivity index (χ4n) is 2.53. The number of hydrogen-bond donors (Lipinski definition) is 6. The summed E-state index contributed by atoms with van der Waals surface area (Å²) in [6.45, 7) is -0.832. The number of nitrogens with two attached hydrogens (primary N) is 1. The average molecular weight is 443 g/mol. The Labute approximate surface area is 155 Å². The van der Waals surface area contributed by atoms with Crippen molar-refractivity contribution in [3.8, 4) is 5.88 Å². The molecule has 28 heavy (non-hydrogen) atoms. The minimum absolute atomic E-state index is 0.0486. The number of rotatable bonds is 7. The van der Waals surface area contributed by atoms with E-state index in [2.05, 4.69) is 28.6 Å². The van der Waals surface area contributed by atoms with E-state index in [9.17, 15) is 24.2 Å². The molecule has 18 heteroatoms. The van der Waals surface area contributed by atoms with E-state index in [0.29, 0.717) is 0 Å². The first kappa shape index (κ1) is 21.2. The van der Waals surface area contributed by atoms with Crippen LogP contribution in [0.25, 0.3) is 11.2 Å². The van der Waals surface area contributed by atoms with Gasteiger partial charge in [-0.05, 0) is 0 Å². The van der Waals surface area contributed by atoms with Crippen molar-refractivity contribution in [1.82, 2.24) is 19.5 Å². The van der Waals surface area contributed by atoms with Gasteiger partial charge < -0.3 is 34.5 Å². The molecule has 16 nitrogen and oxygen atoms in total. The molecule has 0 radical (unpaired) electrons. The van der Waals surface area contributed by atoms with Crippen LogP contribution in [0.5, 0.6) is 5.88 Å². The highest BCUT2D eigenvalue weighted by Crippen LogP contribution is 2.57. The maximum atomic E-state index is 11.5. The van der Waals surface area contributed by atoms with Crippen LogP contribution in [0, 0.1) is 0 Å². The Bertz CT molecular complexity index is 949. The highest BCUT2D eigenvalue weighted by molar-refractivity contribution is 7.60. The van der Waals surface area contributed by atoms with Crippen molar-refractivity contribution < 1.29 is 52.4 Å². The summed E-state index contributed by atoms with van der Waals surface area (Å²) in [5.74, 6) is 5.03. The molecule has 0 bridgehead atoms. The molecule has 1 aliphatic heterocycles. The minimum Gasteiger partial charge on any atom is -0.389 e.